The number of amides is 1. The number of nitrogens with one attached hydrogen (secondary N) is 1. The maximum absolute atomic E-state index is 13.5. The van der Waals surface area contributed by atoms with Gasteiger partial charge in [-0.25, -0.2) is 0 Å². The second kappa shape index (κ2) is 9.67. The lowest BCUT2D eigenvalue weighted by Gasteiger charge is -2.35. The van der Waals surface area contributed by atoms with Crippen molar-refractivity contribution in [1.82, 2.24) is 5.32 Å². The van der Waals surface area contributed by atoms with Crippen LogP contribution in [-0.2, 0) is 9.59 Å². The average molecular weight is 468 g/mol. The number of methoxy groups -OCH3 is 5. The van der Waals surface area contributed by atoms with Gasteiger partial charge in [-0.1, -0.05) is 0 Å². The van der Waals surface area contributed by atoms with Gasteiger partial charge in [0, 0.05) is 41.5 Å². The second-order valence-electron chi connectivity index (χ2n) is 8.29. The summed E-state index contributed by atoms with van der Waals surface area (Å²) in [5.74, 6) is 2.10. The number of rotatable bonds is 7. The Balaban J connectivity index is 1.77. The Morgan fingerprint density at radius 2 is 1.44 bits per heavy atom. The fraction of sp³-hybridized carbons (Fsp3) is 0.385. The van der Waals surface area contributed by atoms with Crippen LogP contribution in [0.2, 0.25) is 0 Å². The molecule has 1 aliphatic carbocycles. The molecule has 0 fully saturated rings. The molecule has 0 radical (unpaired) electrons. The first-order valence-electron chi connectivity index (χ1n) is 11.0. The minimum absolute atomic E-state index is 0.00475. The second-order valence-corrected chi connectivity index (χ2v) is 8.29. The first kappa shape index (κ1) is 23.5. The lowest BCUT2D eigenvalue weighted by Crippen LogP contribution is -2.38. The van der Waals surface area contributed by atoms with Crippen molar-refractivity contribution in [2.45, 2.75) is 31.1 Å². The lowest BCUT2D eigenvalue weighted by atomic mass is 9.73. The molecule has 1 amide bonds. The first-order chi connectivity index (χ1) is 16.4. The molecule has 0 unspecified atom stereocenters. The molecule has 8 heteroatoms. The molecule has 2 aliphatic rings. The zero-order valence-electron chi connectivity index (χ0n) is 20.0. The van der Waals surface area contributed by atoms with Crippen LogP contribution in [0.3, 0.4) is 0 Å². The number of Topliss-reactive ketones (excluding diaryl/α,β-unsaturated/α-hetero) is 1. The van der Waals surface area contributed by atoms with Crippen molar-refractivity contribution in [3.8, 4) is 28.7 Å². The molecule has 34 heavy (non-hydrogen) atoms. The van der Waals surface area contributed by atoms with Gasteiger partial charge in [-0.15, -0.1) is 0 Å². The van der Waals surface area contributed by atoms with E-state index in [9.17, 15) is 9.59 Å². The molecule has 0 aromatic heterocycles. The van der Waals surface area contributed by atoms with Gasteiger partial charge in [-0.05, 0) is 42.3 Å². The molecule has 8 nitrogen and oxygen atoms in total. The third-order valence-corrected chi connectivity index (χ3v) is 6.50. The Hall–Kier alpha value is -3.68. The number of carbonyl (C=O) groups is 2. The van der Waals surface area contributed by atoms with Gasteiger partial charge in [0.05, 0.1) is 35.5 Å². The molecule has 2 aromatic carbocycles. The van der Waals surface area contributed by atoms with E-state index in [1.807, 2.05) is 18.2 Å². The number of benzene rings is 2. The number of allylic oxidation sites excluding steroid dienone is 2. The monoisotopic (exact) mass is 467 g/mol. The summed E-state index contributed by atoms with van der Waals surface area (Å²) in [5, 5.41) is 2.95. The van der Waals surface area contributed by atoms with Crippen molar-refractivity contribution in [3.63, 3.8) is 0 Å². The van der Waals surface area contributed by atoms with Crippen LogP contribution in [0, 0.1) is 0 Å². The third-order valence-electron chi connectivity index (χ3n) is 6.50. The van der Waals surface area contributed by atoms with Crippen LogP contribution in [-0.4, -0.2) is 47.2 Å². The summed E-state index contributed by atoms with van der Waals surface area (Å²) in [6, 6.07) is 9.16. The topological polar surface area (TPSA) is 92.3 Å². The summed E-state index contributed by atoms with van der Waals surface area (Å²) in [5.41, 5.74) is 2.93. The summed E-state index contributed by atoms with van der Waals surface area (Å²) in [7, 11) is 7.81. The number of hydrogen-bond donors (Lipinski definition) is 1. The minimum atomic E-state index is -0.405. The SMILES string of the molecule is COc1ccc(OC)c([C@H]2CC(=O)C3=C(C2)NC(=O)C[C@H]3c2cc(OC)c(OC)c(OC)c2)c1. The Bertz CT molecular complexity index is 1130. The van der Waals surface area contributed by atoms with Crippen molar-refractivity contribution in [2.24, 2.45) is 0 Å². The predicted molar refractivity (Wildman–Crippen MR) is 125 cm³/mol. The Morgan fingerprint density at radius 1 is 0.765 bits per heavy atom. The summed E-state index contributed by atoms with van der Waals surface area (Å²) in [4.78, 5) is 26.2. The molecule has 1 aliphatic heterocycles. The Morgan fingerprint density at radius 3 is 2.03 bits per heavy atom. The number of carbonyl (C=O) groups excluding carboxylic acids is 2. The maximum Gasteiger partial charge on any atom is 0.225 e. The van der Waals surface area contributed by atoms with E-state index in [-0.39, 0.29) is 24.0 Å². The maximum atomic E-state index is 13.5. The summed E-state index contributed by atoms with van der Waals surface area (Å²) >= 11 is 0. The highest BCUT2D eigenvalue weighted by atomic mass is 16.5. The summed E-state index contributed by atoms with van der Waals surface area (Å²) in [6.07, 6.45) is 0.979. The van der Waals surface area contributed by atoms with Gasteiger partial charge >= 0.3 is 0 Å². The van der Waals surface area contributed by atoms with Gasteiger partial charge in [-0.3, -0.25) is 9.59 Å². The average Bonchev–Trinajstić information content (AvgIpc) is 2.86. The molecule has 1 heterocycles. The van der Waals surface area contributed by atoms with Crippen LogP contribution in [0.4, 0.5) is 0 Å². The number of ketones is 1. The number of ether oxygens (including phenoxy) is 5. The van der Waals surface area contributed by atoms with Crippen molar-refractivity contribution >= 4 is 11.7 Å². The molecule has 1 N–H and O–H groups in total. The van der Waals surface area contributed by atoms with Crippen molar-refractivity contribution in [2.75, 3.05) is 35.5 Å². The summed E-state index contributed by atoms with van der Waals surface area (Å²) < 4.78 is 27.3. The third kappa shape index (κ3) is 4.16. The molecule has 180 valence electrons. The molecule has 0 saturated carbocycles. The molecule has 2 aromatic rings. The highest BCUT2D eigenvalue weighted by Gasteiger charge is 2.39. The van der Waals surface area contributed by atoms with Crippen LogP contribution in [0.5, 0.6) is 28.7 Å². The highest BCUT2D eigenvalue weighted by Crippen LogP contribution is 2.47. The van der Waals surface area contributed by atoms with Gasteiger partial charge in [-0.2, -0.15) is 0 Å². The smallest absolute Gasteiger partial charge is 0.225 e. The normalized spacial score (nSPS) is 19.8. The minimum Gasteiger partial charge on any atom is -0.497 e. The van der Waals surface area contributed by atoms with E-state index in [0.717, 1.165) is 11.1 Å². The van der Waals surface area contributed by atoms with E-state index in [4.69, 9.17) is 23.7 Å². The zero-order valence-corrected chi connectivity index (χ0v) is 20.0. The molecular formula is C26H29NO7. The van der Waals surface area contributed by atoms with E-state index < -0.39 is 5.92 Å². The molecular weight excluding hydrogens is 438 g/mol. The van der Waals surface area contributed by atoms with Crippen molar-refractivity contribution in [1.29, 1.82) is 0 Å². The summed E-state index contributed by atoms with van der Waals surface area (Å²) in [6.45, 7) is 0. The van der Waals surface area contributed by atoms with Crippen molar-refractivity contribution in [3.05, 3.63) is 52.7 Å². The van der Waals surface area contributed by atoms with Gasteiger partial charge in [0.15, 0.2) is 17.3 Å². The predicted octanol–water partition coefficient (Wildman–Crippen LogP) is 3.73. The molecule has 2 atom stereocenters. The molecule has 0 spiro atoms. The molecule has 0 saturated heterocycles. The van der Waals surface area contributed by atoms with Gasteiger partial charge < -0.3 is 29.0 Å². The number of hydrogen-bond acceptors (Lipinski definition) is 7. The largest absolute Gasteiger partial charge is 0.497 e. The van der Waals surface area contributed by atoms with E-state index in [2.05, 4.69) is 5.32 Å². The fourth-order valence-electron chi connectivity index (χ4n) is 4.93. The van der Waals surface area contributed by atoms with Crippen LogP contribution < -0.4 is 29.0 Å². The van der Waals surface area contributed by atoms with Crippen LogP contribution in [0.25, 0.3) is 0 Å². The van der Waals surface area contributed by atoms with E-state index in [1.165, 1.54) is 21.3 Å². The van der Waals surface area contributed by atoms with Gasteiger partial charge in [0.25, 0.3) is 0 Å². The van der Waals surface area contributed by atoms with E-state index in [0.29, 0.717) is 52.9 Å². The Kier molecular flexibility index (Phi) is 6.68. The van der Waals surface area contributed by atoms with Crippen molar-refractivity contribution < 1.29 is 33.3 Å². The van der Waals surface area contributed by atoms with Crippen LogP contribution in [0.1, 0.15) is 42.2 Å². The Labute approximate surface area is 198 Å². The van der Waals surface area contributed by atoms with Crippen LogP contribution >= 0.6 is 0 Å². The standard InChI is InChI=1S/C26H29NO7/c1-30-16-6-7-21(31-2)17(12-16)14-8-19-25(20(28)9-14)18(13-24(29)27-19)15-10-22(32-3)26(34-5)23(11-15)33-4/h6-7,10-12,14,18H,8-9,13H2,1-5H3,(H,27,29)/t14-,18+/m1/s1. The van der Waals surface area contributed by atoms with Gasteiger partial charge in [0.2, 0.25) is 11.7 Å². The quantitative estimate of drug-likeness (QED) is 0.663. The first-order valence-corrected chi connectivity index (χ1v) is 11.0. The van der Waals surface area contributed by atoms with Crippen LogP contribution in [0.15, 0.2) is 41.6 Å². The molecule has 4 rings (SSSR count). The van der Waals surface area contributed by atoms with E-state index >= 15 is 0 Å². The zero-order chi connectivity index (χ0) is 24.4. The van der Waals surface area contributed by atoms with E-state index in [1.54, 1.807) is 26.4 Å². The lowest BCUT2D eigenvalue weighted by molar-refractivity contribution is -0.122. The van der Waals surface area contributed by atoms with Gasteiger partial charge in [0.1, 0.15) is 11.5 Å². The highest BCUT2D eigenvalue weighted by molar-refractivity contribution is 6.02. The molecule has 0 bridgehead atoms. The fourth-order valence-corrected chi connectivity index (χ4v) is 4.93.